The molecule has 2 aromatic rings. The first-order chi connectivity index (χ1) is 10.4. The van der Waals surface area contributed by atoms with Crippen LogP contribution in [-0.2, 0) is 10.0 Å². The predicted octanol–water partition coefficient (Wildman–Crippen LogP) is 2.81. The molecule has 0 amide bonds. The number of sulfonamides is 1. The van der Waals surface area contributed by atoms with Crippen molar-refractivity contribution in [1.29, 1.82) is 0 Å². The molecular weight excluding hydrogens is 302 g/mol. The minimum absolute atomic E-state index is 0.153. The number of rotatable bonds is 7. The van der Waals surface area contributed by atoms with Crippen molar-refractivity contribution < 1.29 is 17.9 Å². The number of hydrogen-bond donors (Lipinski definition) is 2. The van der Waals surface area contributed by atoms with Crippen LogP contribution in [0.4, 0.5) is 0 Å². The summed E-state index contributed by atoms with van der Waals surface area (Å²) in [7, 11) is -3.55. The summed E-state index contributed by atoms with van der Waals surface area (Å²) in [6, 6.07) is 8.50. The minimum Gasteiger partial charge on any atom is -0.472 e. The lowest BCUT2D eigenvalue weighted by atomic mass is 10.0. The molecule has 0 aliphatic rings. The summed E-state index contributed by atoms with van der Waals surface area (Å²) >= 11 is 0. The van der Waals surface area contributed by atoms with E-state index in [4.69, 9.17) is 4.42 Å². The molecule has 22 heavy (non-hydrogen) atoms. The Kier molecular flexibility index (Phi) is 5.39. The van der Waals surface area contributed by atoms with Gasteiger partial charge < -0.3 is 9.52 Å². The maximum atomic E-state index is 12.2. The van der Waals surface area contributed by atoms with Crippen LogP contribution in [0.3, 0.4) is 0 Å². The third-order valence-corrected chi connectivity index (χ3v) is 4.97. The maximum Gasteiger partial charge on any atom is 0.240 e. The molecule has 120 valence electrons. The highest BCUT2D eigenvalue weighted by molar-refractivity contribution is 7.89. The van der Waals surface area contributed by atoms with Crippen molar-refractivity contribution in [1.82, 2.24) is 4.72 Å². The van der Waals surface area contributed by atoms with Gasteiger partial charge in [-0.2, -0.15) is 0 Å². The molecule has 0 saturated carbocycles. The van der Waals surface area contributed by atoms with Gasteiger partial charge in [-0.15, -0.1) is 0 Å². The number of hydrogen-bond acceptors (Lipinski definition) is 4. The fraction of sp³-hybridized carbons (Fsp3) is 0.375. The fourth-order valence-electron chi connectivity index (χ4n) is 2.08. The van der Waals surface area contributed by atoms with Crippen molar-refractivity contribution >= 4 is 10.0 Å². The summed E-state index contributed by atoms with van der Waals surface area (Å²) in [6.45, 7) is 4.26. The summed E-state index contributed by atoms with van der Waals surface area (Å²) in [4.78, 5) is 0.231. The summed E-state index contributed by atoms with van der Waals surface area (Å²) in [5.74, 6) is 0.356. The second-order valence-corrected chi connectivity index (χ2v) is 7.25. The molecule has 6 heteroatoms. The van der Waals surface area contributed by atoms with Crippen LogP contribution in [0.15, 0.2) is 52.2 Å². The number of aliphatic hydroxyl groups excluding tert-OH is 1. The van der Waals surface area contributed by atoms with Gasteiger partial charge in [0.15, 0.2) is 0 Å². The van der Waals surface area contributed by atoms with Crippen LogP contribution in [0.25, 0.3) is 0 Å². The van der Waals surface area contributed by atoms with Gasteiger partial charge in [-0.25, -0.2) is 13.1 Å². The smallest absolute Gasteiger partial charge is 0.240 e. The topological polar surface area (TPSA) is 79.5 Å². The first-order valence-electron chi connectivity index (χ1n) is 7.20. The molecule has 0 aliphatic heterocycles. The summed E-state index contributed by atoms with van der Waals surface area (Å²) in [5.41, 5.74) is 1.73. The Balaban J connectivity index is 1.93. The van der Waals surface area contributed by atoms with Gasteiger partial charge >= 0.3 is 0 Å². The van der Waals surface area contributed by atoms with Crippen molar-refractivity contribution in [2.75, 3.05) is 6.54 Å². The second-order valence-electron chi connectivity index (χ2n) is 5.48. The Labute approximate surface area is 131 Å². The lowest BCUT2D eigenvalue weighted by Gasteiger charge is -2.11. The quantitative estimate of drug-likeness (QED) is 0.821. The monoisotopic (exact) mass is 323 g/mol. The zero-order valence-corrected chi connectivity index (χ0v) is 13.5. The van der Waals surface area contributed by atoms with E-state index in [1.165, 1.54) is 12.5 Å². The zero-order valence-electron chi connectivity index (χ0n) is 12.7. The molecule has 1 heterocycles. The van der Waals surface area contributed by atoms with Crippen LogP contribution >= 0.6 is 0 Å². The molecule has 1 aromatic carbocycles. The zero-order chi connectivity index (χ0) is 16.2. The average molecular weight is 323 g/mol. The molecule has 5 nitrogen and oxygen atoms in total. The molecule has 0 saturated heterocycles. The third-order valence-electron chi connectivity index (χ3n) is 3.49. The van der Waals surface area contributed by atoms with Gasteiger partial charge in [0.25, 0.3) is 0 Å². The summed E-state index contributed by atoms with van der Waals surface area (Å²) in [5, 5.41) is 9.88. The Bertz CT molecular complexity index is 675. The molecule has 1 aromatic heterocycles. The number of benzene rings is 1. The highest BCUT2D eigenvalue weighted by atomic mass is 32.2. The van der Waals surface area contributed by atoms with Gasteiger partial charge in [0.2, 0.25) is 10.0 Å². The van der Waals surface area contributed by atoms with Crippen molar-refractivity contribution in [2.45, 2.75) is 37.2 Å². The van der Waals surface area contributed by atoms with Gasteiger partial charge in [0.05, 0.1) is 23.5 Å². The fourth-order valence-corrected chi connectivity index (χ4v) is 3.12. The van der Waals surface area contributed by atoms with E-state index in [0.717, 1.165) is 5.56 Å². The van der Waals surface area contributed by atoms with Crippen molar-refractivity contribution in [3.8, 4) is 0 Å². The maximum absolute atomic E-state index is 12.2. The largest absolute Gasteiger partial charge is 0.472 e. The second kappa shape index (κ2) is 7.09. The Morgan fingerprint density at radius 2 is 1.82 bits per heavy atom. The van der Waals surface area contributed by atoms with Crippen LogP contribution in [0, 0.1) is 0 Å². The molecule has 1 unspecified atom stereocenters. The van der Waals surface area contributed by atoms with Crippen LogP contribution in [-0.4, -0.2) is 20.1 Å². The van der Waals surface area contributed by atoms with Gasteiger partial charge in [0, 0.05) is 12.1 Å². The molecule has 0 bridgehead atoms. The molecule has 0 spiro atoms. The van der Waals surface area contributed by atoms with Crippen LogP contribution < -0.4 is 4.72 Å². The summed E-state index contributed by atoms with van der Waals surface area (Å²) < 4.78 is 31.7. The van der Waals surface area contributed by atoms with E-state index in [9.17, 15) is 13.5 Å². The van der Waals surface area contributed by atoms with Crippen LogP contribution in [0.2, 0.25) is 0 Å². The lowest BCUT2D eigenvalue weighted by molar-refractivity contribution is 0.168. The highest BCUT2D eigenvalue weighted by Crippen LogP contribution is 2.18. The van der Waals surface area contributed by atoms with Crippen molar-refractivity contribution in [3.05, 3.63) is 54.0 Å². The molecule has 0 aliphatic carbocycles. The van der Waals surface area contributed by atoms with E-state index < -0.39 is 16.1 Å². The standard InChI is InChI=1S/C16H21NO4S/c1-12(2)13-3-5-15(6-4-13)22(19,20)17-9-7-16(18)14-8-10-21-11-14/h3-6,8,10-12,16-18H,7,9H2,1-2H3. The predicted molar refractivity (Wildman–Crippen MR) is 84.0 cm³/mol. The SMILES string of the molecule is CC(C)c1ccc(S(=O)(=O)NCCC(O)c2ccoc2)cc1. The number of aliphatic hydroxyl groups is 1. The van der Waals surface area contributed by atoms with E-state index in [-0.39, 0.29) is 17.9 Å². The molecule has 2 N–H and O–H groups in total. The normalized spacial score (nSPS) is 13.5. The van der Waals surface area contributed by atoms with E-state index in [0.29, 0.717) is 11.5 Å². The van der Waals surface area contributed by atoms with Crippen molar-refractivity contribution in [3.63, 3.8) is 0 Å². The van der Waals surface area contributed by atoms with E-state index in [1.54, 1.807) is 18.2 Å². The molecule has 2 rings (SSSR count). The molecule has 0 radical (unpaired) electrons. The van der Waals surface area contributed by atoms with Gasteiger partial charge in [0.1, 0.15) is 0 Å². The van der Waals surface area contributed by atoms with Gasteiger partial charge in [-0.1, -0.05) is 26.0 Å². The van der Waals surface area contributed by atoms with Crippen molar-refractivity contribution in [2.24, 2.45) is 0 Å². The first-order valence-corrected chi connectivity index (χ1v) is 8.68. The van der Waals surface area contributed by atoms with Gasteiger partial charge in [-0.3, -0.25) is 0 Å². The first kappa shape index (κ1) is 16.7. The Hall–Kier alpha value is -1.63. The summed E-state index contributed by atoms with van der Waals surface area (Å²) in [6.07, 6.45) is 2.45. The van der Waals surface area contributed by atoms with Crippen LogP contribution in [0.1, 0.15) is 43.4 Å². The highest BCUT2D eigenvalue weighted by Gasteiger charge is 2.15. The third kappa shape index (κ3) is 4.19. The van der Waals surface area contributed by atoms with Gasteiger partial charge in [-0.05, 0) is 36.1 Å². The van der Waals surface area contributed by atoms with E-state index >= 15 is 0 Å². The number of nitrogens with one attached hydrogen (secondary N) is 1. The molecular formula is C16H21NO4S. The van der Waals surface area contributed by atoms with E-state index in [2.05, 4.69) is 18.6 Å². The lowest BCUT2D eigenvalue weighted by Crippen LogP contribution is -2.25. The van der Waals surface area contributed by atoms with E-state index in [1.807, 2.05) is 12.1 Å². The Morgan fingerprint density at radius 1 is 1.14 bits per heavy atom. The number of furan rings is 1. The Morgan fingerprint density at radius 3 is 2.36 bits per heavy atom. The average Bonchev–Trinajstić information content (AvgIpc) is 3.01. The molecule has 0 fully saturated rings. The van der Waals surface area contributed by atoms with Crippen LogP contribution in [0.5, 0.6) is 0 Å². The minimum atomic E-state index is -3.55. The molecule has 1 atom stereocenters.